The molecule has 2 rings (SSSR count). The van der Waals surface area contributed by atoms with E-state index in [0.717, 1.165) is 0 Å². The van der Waals surface area contributed by atoms with Gasteiger partial charge in [-0.25, -0.2) is 0 Å². The Morgan fingerprint density at radius 1 is 1.10 bits per heavy atom. The van der Waals surface area contributed by atoms with Crippen molar-refractivity contribution >= 4 is 17.8 Å². The number of nitriles is 2. The van der Waals surface area contributed by atoms with Crippen molar-refractivity contribution in [3.05, 3.63) is 0 Å². The predicted molar refractivity (Wildman–Crippen MR) is 67.7 cm³/mol. The van der Waals surface area contributed by atoms with E-state index in [1.807, 2.05) is 12.1 Å². The quantitative estimate of drug-likeness (QED) is 0.546. The minimum atomic E-state index is -0.963. The summed E-state index contributed by atoms with van der Waals surface area (Å²) in [6.07, 6.45) is 0.770. The van der Waals surface area contributed by atoms with E-state index in [9.17, 15) is 24.9 Å². The Labute approximate surface area is 121 Å². The largest absolute Gasteiger partial charge is 0.463 e. The number of hydrogen-bond acceptors (Lipinski definition) is 6. The van der Waals surface area contributed by atoms with E-state index in [1.54, 1.807) is 0 Å². The summed E-state index contributed by atoms with van der Waals surface area (Å²) in [4.78, 5) is 35.0. The van der Waals surface area contributed by atoms with Crippen molar-refractivity contribution in [3.8, 4) is 12.1 Å². The number of fused-ring (bicyclic) bond motifs is 2. The van der Waals surface area contributed by atoms with Crippen LogP contribution in [0.3, 0.4) is 0 Å². The Morgan fingerprint density at radius 3 is 1.95 bits per heavy atom. The van der Waals surface area contributed by atoms with Crippen molar-refractivity contribution in [2.75, 3.05) is 0 Å². The topological polar surface area (TPSA) is 120 Å². The summed E-state index contributed by atoms with van der Waals surface area (Å²) in [5, 5.41) is 20.5. The molecule has 5 atom stereocenters. The van der Waals surface area contributed by atoms with Crippen LogP contribution in [-0.4, -0.2) is 23.9 Å². The van der Waals surface area contributed by atoms with Crippen molar-refractivity contribution in [3.63, 3.8) is 0 Å². The Balaban J connectivity index is 2.32. The number of ether oxygens (including phenoxy) is 1. The summed E-state index contributed by atoms with van der Waals surface area (Å²) in [5.74, 6) is -4.35. The van der Waals surface area contributed by atoms with E-state index < -0.39 is 35.7 Å². The molecule has 2 amide bonds. The van der Waals surface area contributed by atoms with E-state index in [2.05, 4.69) is 5.32 Å². The van der Waals surface area contributed by atoms with E-state index >= 15 is 0 Å². The zero-order valence-electron chi connectivity index (χ0n) is 11.5. The van der Waals surface area contributed by atoms with Crippen LogP contribution >= 0.6 is 0 Å². The van der Waals surface area contributed by atoms with Gasteiger partial charge in [0.05, 0.1) is 12.1 Å². The van der Waals surface area contributed by atoms with Crippen molar-refractivity contribution in [2.45, 2.75) is 32.3 Å². The summed E-state index contributed by atoms with van der Waals surface area (Å²) in [6, 6.07) is 3.83. The van der Waals surface area contributed by atoms with Gasteiger partial charge in [0.1, 0.15) is 17.9 Å². The third-order valence-electron chi connectivity index (χ3n) is 4.10. The SMILES string of the molecule is CC(=O)OC1C[C@H]2C[C@H](C1)[C@@H](C#N)C(=O)NC(=O)[C@H]2C#N. The number of nitrogens with one attached hydrogen (secondary N) is 1. The molecule has 1 aliphatic carbocycles. The molecule has 1 saturated heterocycles. The lowest BCUT2D eigenvalue weighted by atomic mass is 9.68. The number of rotatable bonds is 1. The second-order valence-corrected chi connectivity index (χ2v) is 5.53. The zero-order chi connectivity index (χ0) is 15.6. The summed E-state index contributed by atoms with van der Waals surface area (Å²) >= 11 is 0. The van der Waals surface area contributed by atoms with Gasteiger partial charge in [-0.1, -0.05) is 0 Å². The van der Waals surface area contributed by atoms with Crippen LogP contribution in [0.4, 0.5) is 0 Å². The highest BCUT2D eigenvalue weighted by molar-refractivity contribution is 5.99. The molecule has 1 unspecified atom stereocenters. The maximum atomic E-state index is 11.9. The lowest BCUT2D eigenvalue weighted by Crippen LogP contribution is -2.49. The first kappa shape index (κ1) is 15.0. The molecular weight excluding hydrogens is 274 g/mol. The lowest BCUT2D eigenvalue weighted by molar-refractivity contribution is -0.151. The minimum Gasteiger partial charge on any atom is -0.463 e. The number of esters is 1. The number of imide groups is 1. The average Bonchev–Trinajstić information content (AvgIpc) is 2.38. The van der Waals surface area contributed by atoms with Crippen LogP contribution in [-0.2, 0) is 19.1 Å². The van der Waals surface area contributed by atoms with Crippen molar-refractivity contribution < 1.29 is 19.1 Å². The van der Waals surface area contributed by atoms with Gasteiger partial charge in [-0.3, -0.25) is 19.7 Å². The monoisotopic (exact) mass is 289 g/mol. The molecule has 2 aliphatic rings. The van der Waals surface area contributed by atoms with Gasteiger partial charge in [0.25, 0.3) is 0 Å². The summed E-state index contributed by atoms with van der Waals surface area (Å²) in [7, 11) is 0. The Bertz CT molecular complexity index is 520. The minimum absolute atomic E-state index is 0.318. The Morgan fingerprint density at radius 2 is 1.57 bits per heavy atom. The maximum absolute atomic E-state index is 11.9. The third-order valence-corrected chi connectivity index (χ3v) is 4.10. The van der Waals surface area contributed by atoms with E-state index in [4.69, 9.17) is 4.74 Å². The molecule has 21 heavy (non-hydrogen) atoms. The molecule has 7 nitrogen and oxygen atoms in total. The molecule has 1 heterocycles. The van der Waals surface area contributed by atoms with E-state index in [1.165, 1.54) is 6.92 Å². The molecule has 110 valence electrons. The normalized spacial score (nSPS) is 35.5. The highest BCUT2D eigenvalue weighted by Gasteiger charge is 2.45. The van der Waals surface area contributed by atoms with Crippen LogP contribution in [0.25, 0.3) is 0 Å². The van der Waals surface area contributed by atoms with E-state index in [0.29, 0.717) is 19.3 Å². The van der Waals surface area contributed by atoms with Crippen LogP contribution < -0.4 is 5.32 Å². The molecule has 0 radical (unpaired) electrons. The van der Waals surface area contributed by atoms with Crippen molar-refractivity contribution in [1.29, 1.82) is 10.5 Å². The second kappa shape index (κ2) is 5.92. The summed E-state index contributed by atoms with van der Waals surface area (Å²) in [5.41, 5.74) is 0. The highest BCUT2D eigenvalue weighted by atomic mass is 16.5. The number of nitrogens with zero attached hydrogens (tertiary/aromatic N) is 2. The fraction of sp³-hybridized carbons (Fsp3) is 0.643. The molecule has 0 aromatic rings. The predicted octanol–water partition coefficient (Wildman–Crippen LogP) is 0.270. The Hall–Kier alpha value is -2.41. The van der Waals surface area contributed by atoms with Gasteiger partial charge >= 0.3 is 5.97 Å². The molecule has 0 aromatic heterocycles. The molecule has 1 saturated carbocycles. The molecule has 7 heteroatoms. The lowest BCUT2D eigenvalue weighted by Gasteiger charge is -2.38. The van der Waals surface area contributed by atoms with Gasteiger partial charge in [-0.05, 0) is 31.1 Å². The number of carbonyl (C=O) groups excluding carboxylic acids is 3. The molecular formula is C14H15N3O4. The first-order chi connectivity index (χ1) is 9.96. The van der Waals surface area contributed by atoms with Gasteiger partial charge in [0.2, 0.25) is 11.8 Å². The maximum Gasteiger partial charge on any atom is 0.302 e. The van der Waals surface area contributed by atoms with Gasteiger partial charge in [0.15, 0.2) is 0 Å². The zero-order valence-corrected chi connectivity index (χ0v) is 11.5. The fourth-order valence-electron chi connectivity index (χ4n) is 3.26. The van der Waals surface area contributed by atoms with Gasteiger partial charge < -0.3 is 4.74 Å². The van der Waals surface area contributed by atoms with Gasteiger partial charge in [0, 0.05) is 6.92 Å². The fourth-order valence-corrected chi connectivity index (χ4v) is 3.26. The van der Waals surface area contributed by atoms with Crippen LogP contribution in [0.2, 0.25) is 0 Å². The second-order valence-electron chi connectivity index (χ2n) is 5.53. The standard InChI is InChI=1S/C14H15N3O4/c1-7(18)21-10-3-8-2-9(4-10)12(6-16)14(20)17-13(19)11(8)5-15/h8-12H,2-4H2,1H3,(H,17,19,20)/t8-,9-,10?,11-,12+/m1/s1. The van der Waals surface area contributed by atoms with E-state index in [-0.39, 0.29) is 11.8 Å². The van der Waals surface area contributed by atoms with Crippen LogP contribution in [0, 0.1) is 46.3 Å². The van der Waals surface area contributed by atoms with Gasteiger partial charge in [-0.15, -0.1) is 0 Å². The molecule has 0 aromatic carbocycles. The first-order valence-electron chi connectivity index (χ1n) is 6.77. The van der Waals surface area contributed by atoms with Crippen molar-refractivity contribution in [2.24, 2.45) is 23.7 Å². The average molecular weight is 289 g/mol. The Kier molecular flexibility index (Phi) is 4.23. The van der Waals surface area contributed by atoms with Crippen LogP contribution in [0.5, 0.6) is 0 Å². The number of carbonyl (C=O) groups is 3. The third kappa shape index (κ3) is 3.03. The summed E-state index contributed by atoms with van der Waals surface area (Å²) in [6.45, 7) is 1.28. The summed E-state index contributed by atoms with van der Waals surface area (Å²) < 4.78 is 5.18. The molecule has 1 aliphatic heterocycles. The van der Waals surface area contributed by atoms with Gasteiger partial charge in [-0.2, -0.15) is 10.5 Å². The molecule has 0 spiro atoms. The molecule has 2 fully saturated rings. The van der Waals surface area contributed by atoms with Crippen molar-refractivity contribution in [1.82, 2.24) is 5.32 Å². The van der Waals surface area contributed by atoms with Crippen LogP contribution in [0.1, 0.15) is 26.2 Å². The van der Waals surface area contributed by atoms with Crippen LogP contribution in [0.15, 0.2) is 0 Å². The first-order valence-corrected chi connectivity index (χ1v) is 6.77. The smallest absolute Gasteiger partial charge is 0.302 e. The number of amides is 2. The molecule has 2 bridgehead atoms. The molecule has 1 N–H and O–H groups in total. The highest BCUT2D eigenvalue weighted by Crippen LogP contribution is 2.40. The number of hydrogen-bond donors (Lipinski definition) is 1.